The van der Waals surface area contributed by atoms with E-state index in [1.807, 2.05) is 41.4 Å². The summed E-state index contributed by atoms with van der Waals surface area (Å²) in [7, 11) is 0. The minimum Gasteiger partial charge on any atom is -0.301 e. The Balaban J connectivity index is 1.68. The molecule has 0 saturated heterocycles. The highest BCUT2D eigenvalue weighted by atomic mass is 79.9. The van der Waals surface area contributed by atoms with Gasteiger partial charge < -0.3 is 5.43 Å². The SMILES string of the molecule is Fc1ccc(Cl)cc1C1=C(c2ccc3ncc(Br)cc3c2)N(Cc2cccnc2)NN1. The molecule has 5 rings (SSSR count). The Morgan fingerprint density at radius 1 is 1.06 bits per heavy atom. The van der Waals surface area contributed by atoms with Crippen molar-refractivity contribution in [3.63, 3.8) is 0 Å². The van der Waals surface area contributed by atoms with Gasteiger partial charge in [0.2, 0.25) is 0 Å². The molecule has 3 heterocycles. The fourth-order valence-corrected chi connectivity index (χ4v) is 4.12. The summed E-state index contributed by atoms with van der Waals surface area (Å²) in [4.78, 5) is 8.64. The molecule has 0 atom stereocenters. The molecule has 4 aromatic rings. The molecule has 1 aliphatic rings. The van der Waals surface area contributed by atoms with Crippen molar-refractivity contribution in [2.45, 2.75) is 6.54 Å². The largest absolute Gasteiger partial charge is 0.301 e. The molecule has 0 aliphatic carbocycles. The molecule has 2 aromatic heterocycles. The van der Waals surface area contributed by atoms with Crippen molar-refractivity contribution >= 4 is 49.8 Å². The van der Waals surface area contributed by atoms with Crippen LogP contribution < -0.4 is 11.0 Å². The van der Waals surface area contributed by atoms with Gasteiger partial charge in [0.05, 0.1) is 23.5 Å². The lowest BCUT2D eigenvalue weighted by atomic mass is 10.0. The monoisotopic (exact) mass is 495 g/mol. The third kappa shape index (κ3) is 3.99. The maximum Gasteiger partial charge on any atom is 0.132 e. The number of benzene rings is 2. The van der Waals surface area contributed by atoms with Crippen LogP contribution in [0.4, 0.5) is 4.39 Å². The maximum absolute atomic E-state index is 14.8. The van der Waals surface area contributed by atoms with Gasteiger partial charge in [0.25, 0.3) is 0 Å². The van der Waals surface area contributed by atoms with E-state index in [1.54, 1.807) is 24.7 Å². The third-order valence-electron chi connectivity index (χ3n) is 5.01. The van der Waals surface area contributed by atoms with E-state index in [0.29, 0.717) is 22.8 Å². The Morgan fingerprint density at radius 3 is 2.81 bits per heavy atom. The lowest BCUT2D eigenvalue weighted by Gasteiger charge is -2.21. The molecule has 2 aromatic carbocycles. The van der Waals surface area contributed by atoms with E-state index in [1.165, 1.54) is 12.1 Å². The Labute approximate surface area is 191 Å². The highest BCUT2D eigenvalue weighted by Crippen LogP contribution is 2.34. The molecule has 1 aliphatic heterocycles. The van der Waals surface area contributed by atoms with Crippen molar-refractivity contribution < 1.29 is 4.39 Å². The summed E-state index contributed by atoms with van der Waals surface area (Å²) in [6, 6.07) is 16.4. The van der Waals surface area contributed by atoms with Gasteiger partial charge in [-0.15, -0.1) is 5.53 Å². The van der Waals surface area contributed by atoms with E-state index < -0.39 is 0 Å². The first-order valence-electron chi connectivity index (χ1n) is 9.52. The summed E-state index contributed by atoms with van der Waals surface area (Å²) in [5, 5.41) is 3.36. The lowest BCUT2D eigenvalue weighted by Crippen LogP contribution is -2.37. The van der Waals surface area contributed by atoms with Gasteiger partial charge >= 0.3 is 0 Å². The number of rotatable bonds is 4. The normalized spacial score (nSPS) is 13.7. The topological polar surface area (TPSA) is 53.1 Å². The number of nitrogens with one attached hydrogen (secondary N) is 2. The quantitative estimate of drug-likeness (QED) is 0.389. The molecule has 154 valence electrons. The van der Waals surface area contributed by atoms with Crippen molar-refractivity contribution in [3.8, 4) is 0 Å². The fraction of sp³-hybridized carbons (Fsp3) is 0.0435. The number of fused-ring (bicyclic) bond motifs is 1. The predicted molar refractivity (Wildman–Crippen MR) is 124 cm³/mol. The van der Waals surface area contributed by atoms with E-state index >= 15 is 0 Å². The number of pyridine rings is 2. The zero-order valence-corrected chi connectivity index (χ0v) is 18.5. The van der Waals surface area contributed by atoms with Crippen LogP contribution in [0.2, 0.25) is 5.02 Å². The van der Waals surface area contributed by atoms with Crippen LogP contribution >= 0.6 is 27.5 Å². The van der Waals surface area contributed by atoms with E-state index in [-0.39, 0.29) is 5.82 Å². The van der Waals surface area contributed by atoms with Gasteiger partial charge in [-0.05, 0) is 64.0 Å². The van der Waals surface area contributed by atoms with E-state index in [0.717, 1.165) is 32.2 Å². The van der Waals surface area contributed by atoms with Gasteiger partial charge in [-0.3, -0.25) is 15.0 Å². The first kappa shape index (κ1) is 19.9. The maximum atomic E-state index is 14.8. The zero-order valence-electron chi connectivity index (χ0n) is 16.1. The molecular weight excluding hydrogens is 481 g/mol. The molecule has 0 unspecified atom stereocenters. The van der Waals surface area contributed by atoms with Crippen molar-refractivity contribution in [3.05, 3.63) is 105 Å². The van der Waals surface area contributed by atoms with E-state index in [2.05, 4.69) is 36.9 Å². The van der Waals surface area contributed by atoms with Crippen LogP contribution in [0.15, 0.2) is 77.7 Å². The number of halogens is 3. The average Bonchev–Trinajstić information content (AvgIpc) is 3.18. The van der Waals surface area contributed by atoms with Crippen LogP contribution in [0.5, 0.6) is 0 Å². The number of nitrogens with zero attached hydrogens (tertiary/aromatic N) is 3. The van der Waals surface area contributed by atoms with Crippen molar-refractivity contribution in [2.75, 3.05) is 0 Å². The molecule has 0 bridgehead atoms. The second-order valence-corrected chi connectivity index (χ2v) is 8.45. The van der Waals surface area contributed by atoms with Crippen LogP contribution in [0.1, 0.15) is 16.7 Å². The molecule has 2 N–H and O–H groups in total. The first-order chi connectivity index (χ1) is 15.1. The molecule has 0 amide bonds. The Morgan fingerprint density at radius 2 is 1.97 bits per heavy atom. The van der Waals surface area contributed by atoms with Gasteiger partial charge in [-0.25, -0.2) is 4.39 Å². The standard InChI is InChI=1S/C23H16BrClFN5/c24-17-9-16-8-15(3-6-21(16)28-12-17)23-22(19-10-18(25)4-5-20(19)26)29-30-31(23)13-14-2-1-7-27-11-14/h1-12,29-30H,13H2. The van der Waals surface area contributed by atoms with Crippen LogP contribution in [0.3, 0.4) is 0 Å². The van der Waals surface area contributed by atoms with Gasteiger partial charge in [-0.2, -0.15) is 0 Å². The molecule has 0 radical (unpaired) electrons. The molecule has 8 heteroatoms. The zero-order chi connectivity index (χ0) is 21.4. The van der Waals surface area contributed by atoms with Gasteiger partial charge in [0.15, 0.2) is 0 Å². The average molecular weight is 497 g/mol. The van der Waals surface area contributed by atoms with Crippen LogP contribution in [-0.4, -0.2) is 15.0 Å². The summed E-state index contributed by atoms with van der Waals surface area (Å²) < 4.78 is 15.7. The van der Waals surface area contributed by atoms with Gasteiger partial charge in [0.1, 0.15) is 5.82 Å². The van der Waals surface area contributed by atoms with E-state index in [9.17, 15) is 4.39 Å². The summed E-state index contributed by atoms with van der Waals surface area (Å²) >= 11 is 9.66. The molecule has 5 nitrogen and oxygen atoms in total. The van der Waals surface area contributed by atoms with Gasteiger partial charge in [-0.1, -0.05) is 23.7 Å². The van der Waals surface area contributed by atoms with Crippen molar-refractivity contribution in [1.29, 1.82) is 0 Å². The number of aromatic nitrogens is 2. The first-order valence-corrected chi connectivity index (χ1v) is 10.7. The van der Waals surface area contributed by atoms with Crippen LogP contribution in [-0.2, 0) is 6.54 Å². The molecule has 0 saturated carbocycles. The Hall–Kier alpha value is -3.00. The summed E-state index contributed by atoms with van der Waals surface area (Å²) in [6.07, 6.45) is 5.30. The summed E-state index contributed by atoms with van der Waals surface area (Å²) in [5.41, 5.74) is 10.9. The third-order valence-corrected chi connectivity index (χ3v) is 5.67. The molecular formula is C23H16BrClFN5. The van der Waals surface area contributed by atoms with Crippen LogP contribution in [0.25, 0.3) is 22.3 Å². The minimum atomic E-state index is -0.361. The second-order valence-electron chi connectivity index (χ2n) is 7.09. The minimum absolute atomic E-state index is 0.361. The summed E-state index contributed by atoms with van der Waals surface area (Å²) in [6.45, 7) is 0.524. The Kier molecular flexibility index (Phi) is 5.31. The summed E-state index contributed by atoms with van der Waals surface area (Å²) in [5.74, 6) is -0.361. The predicted octanol–water partition coefficient (Wildman–Crippen LogP) is 5.54. The highest BCUT2D eigenvalue weighted by molar-refractivity contribution is 9.10. The van der Waals surface area contributed by atoms with Crippen LogP contribution in [0, 0.1) is 5.82 Å². The van der Waals surface area contributed by atoms with Crippen molar-refractivity contribution in [1.82, 2.24) is 25.9 Å². The number of hydrogen-bond acceptors (Lipinski definition) is 5. The molecule has 0 fully saturated rings. The molecule has 0 spiro atoms. The smallest absolute Gasteiger partial charge is 0.132 e. The van der Waals surface area contributed by atoms with Crippen molar-refractivity contribution in [2.24, 2.45) is 0 Å². The second kappa shape index (κ2) is 8.26. The Bertz CT molecular complexity index is 1310. The highest BCUT2D eigenvalue weighted by Gasteiger charge is 2.27. The van der Waals surface area contributed by atoms with Gasteiger partial charge in [0, 0.05) is 44.6 Å². The lowest BCUT2D eigenvalue weighted by molar-refractivity contribution is 0.280. The fourth-order valence-electron chi connectivity index (χ4n) is 3.60. The molecule has 31 heavy (non-hydrogen) atoms. The van der Waals surface area contributed by atoms with E-state index in [4.69, 9.17) is 11.6 Å². The number of hydrogen-bond donors (Lipinski definition) is 2. The number of hydrazine groups is 2.